The predicted octanol–water partition coefficient (Wildman–Crippen LogP) is 5.03. The molecule has 4 fully saturated rings. The van der Waals surface area contributed by atoms with Crippen LogP contribution in [0.25, 0.3) is 10.9 Å². The van der Waals surface area contributed by atoms with Gasteiger partial charge in [0, 0.05) is 53.4 Å². The zero-order valence-corrected chi connectivity index (χ0v) is 19.9. The summed E-state index contributed by atoms with van der Waals surface area (Å²) in [6.45, 7) is 3.90. The SMILES string of the molecule is COc1cc(C)c2[nH]ccc2c1CN1CC[C@H](NC23CC(C2)C3)C[C@H]1c1ccc(C(=O)O)cc1. The number of aryl methyl sites for hydroxylation is 1. The number of aromatic carboxylic acids is 1. The van der Waals surface area contributed by atoms with Gasteiger partial charge >= 0.3 is 5.97 Å². The van der Waals surface area contributed by atoms with Crippen LogP contribution in [-0.2, 0) is 6.54 Å². The van der Waals surface area contributed by atoms with Crippen molar-refractivity contribution in [1.82, 2.24) is 15.2 Å². The molecular weight excluding hydrogens is 426 g/mol. The van der Waals surface area contributed by atoms with Crippen molar-refractivity contribution in [2.75, 3.05) is 13.7 Å². The Bertz CT molecular complexity index is 1210. The Hall–Kier alpha value is -2.83. The van der Waals surface area contributed by atoms with Gasteiger partial charge in [0.1, 0.15) is 5.75 Å². The number of piperidine rings is 1. The monoisotopic (exact) mass is 459 g/mol. The smallest absolute Gasteiger partial charge is 0.335 e. The van der Waals surface area contributed by atoms with Crippen molar-refractivity contribution in [2.45, 2.75) is 63.2 Å². The zero-order chi connectivity index (χ0) is 23.4. The first-order chi connectivity index (χ1) is 16.4. The zero-order valence-electron chi connectivity index (χ0n) is 19.9. The van der Waals surface area contributed by atoms with Crippen LogP contribution in [0.4, 0.5) is 0 Å². The second kappa shape index (κ2) is 8.14. The average Bonchev–Trinajstić information content (AvgIpc) is 3.28. The molecule has 3 aliphatic carbocycles. The van der Waals surface area contributed by atoms with Crippen molar-refractivity contribution in [3.05, 3.63) is 64.8 Å². The number of methoxy groups -OCH3 is 1. The normalized spacial score (nSPS) is 28.4. The molecule has 4 aliphatic rings. The summed E-state index contributed by atoms with van der Waals surface area (Å²) in [5.74, 6) is 1.01. The molecule has 2 bridgehead atoms. The third-order valence-corrected chi connectivity index (χ3v) is 8.50. The first-order valence-corrected chi connectivity index (χ1v) is 12.4. The number of hydrogen-bond donors (Lipinski definition) is 3. The standard InChI is InChI=1S/C28H33N3O3/c1-17-11-25(34-2)23(22-7-9-29-26(17)22)16-31-10-8-21(30-28-13-18(14-28)15-28)12-24(31)19-3-5-20(6-4-19)27(32)33/h3-7,9,11,18,21,24,29-30H,8,10,12-16H2,1-2H3,(H,32,33)/t18?,21-,24-,28?/m0/s1. The van der Waals surface area contributed by atoms with Crippen molar-refractivity contribution in [2.24, 2.45) is 5.92 Å². The molecule has 0 unspecified atom stereocenters. The van der Waals surface area contributed by atoms with E-state index in [1.807, 2.05) is 18.3 Å². The first-order valence-electron chi connectivity index (χ1n) is 12.4. The molecule has 0 amide bonds. The lowest BCUT2D eigenvalue weighted by atomic mass is 9.49. The van der Waals surface area contributed by atoms with E-state index in [9.17, 15) is 9.90 Å². The number of likely N-dealkylation sites (tertiary alicyclic amines) is 1. The van der Waals surface area contributed by atoms with E-state index in [2.05, 4.69) is 34.3 Å². The number of nitrogens with one attached hydrogen (secondary N) is 2. The van der Waals surface area contributed by atoms with Crippen LogP contribution in [0.5, 0.6) is 5.75 Å². The molecule has 1 saturated heterocycles. The molecule has 2 heterocycles. The fourth-order valence-corrected chi connectivity index (χ4v) is 6.60. The van der Waals surface area contributed by atoms with E-state index in [0.717, 1.165) is 37.6 Å². The molecule has 178 valence electrons. The van der Waals surface area contributed by atoms with Gasteiger partial charge in [-0.05, 0) is 80.3 Å². The highest BCUT2D eigenvalue weighted by Crippen LogP contribution is 2.57. The van der Waals surface area contributed by atoms with E-state index >= 15 is 0 Å². The number of H-pyrrole nitrogens is 1. The first kappa shape index (κ1) is 21.7. The number of fused-ring (bicyclic) bond motifs is 1. The minimum atomic E-state index is -0.880. The highest BCUT2D eigenvalue weighted by atomic mass is 16.5. The Kier molecular flexibility index (Phi) is 5.19. The van der Waals surface area contributed by atoms with Crippen molar-refractivity contribution in [1.29, 1.82) is 0 Å². The largest absolute Gasteiger partial charge is 0.496 e. The van der Waals surface area contributed by atoms with Crippen LogP contribution in [0.1, 0.15) is 65.2 Å². The number of carboxylic acids is 1. The number of rotatable bonds is 7. The Morgan fingerprint density at radius 1 is 1.24 bits per heavy atom. The maximum atomic E-state index is 11.4. The molecule has 6 nitrogen and oxygen atoms in total. The van der Waals surface area contributed by atoms with Crippen LogP contribution >= 0.6 is 0 Å². The number of aromatic amines is 1. The van der Waals surface area contributed by atoms with E-state index < -0.39 is 5.97 Å². The van der Waals surface area contributed by atoms with E-state index in [-0.39, 0.29) is 6.04 Å². The lowest BCUT2D eigenvalue weighted by molar-refractivity contribution is -0.0666. The maximum absolute atomic E-state index is 11.4. The topological polar surface area (TPSA) is 77.6 Å². The van der Waals surface area contributed by atoms with E-state index in [1.54, 1.807) is 19.2 Å². The Labute approximate surface area is 200 Å². The molecule has 3 N–H and O–H groups in total. The Morgan fingerprint density at radius 2 is 2.00 bits per heavy atom. The molecule has 0 spiro atoms. The van der Waals surface area contributed by atoms with Crippen LogP contribution < -0.4 is 10.1 Å². The number of hydrogen-bond acceptors (Lipinski definition) is 4. The second-order valence-corrected chi connectivity index (χ2v) is 10.7. The molecular formula is C28H33N3O3. The fraction of sp³-hybridized carbons (Fsp3) is 0.464. The van der Waals surface area contributed by atoms with E-state index in [0.29, 0.717) is 17.1 Å². The van der Waals surface area contributed by atoms with Gasteiger partial charge in [-0.3, -0.25) is 4.90 Å². The van der Waals surface area contributed by atoms with Crippen LogP contribution in [0.3, 0.4) is 0 Å². The minimum Gasteiger partial charge on any atom is -0.496 e. The average molecular weight is 460 g/mol. The second-order valence-electron chi connectivity index (χ2n) is 10.7. The quantitative estimate of drug-likeness (QED) is 0.462. The summed E-state index contributed by atoms with van der Waals surface area (Å²) in [4.78, 5) is 17.3. The van der Waals surface area contributed by atoms with Gasteiger partial charge in [-0.1, -0.05) is 12.1 Å². The molecule has 2 aromatic carbocycles. The van der Waals surface area contributed by atoms with Gasteiger partial charge < -0.3 is 20.1 Å². The van der Waals surface area contributed by atoms with Gasteiger partial charge in [-0.15, -0.1) is 0 Å². The van der Waals surface area contributed by atoms with Crippen molar-refractivity contribution >= 4 is 16.9 Å². The van der Waals surface area contributed by atoms with Gasteiger partial charge in [0.05, 0.1) is 12.7 Å². The third kappa shape index (κ3) is 3.60. The van der Waals surface area contributed by atoms with E-state index in [1.165, 1.54) is 46.9 Å². The summed E-state index contributed by atoms with van der Waals surface area (Å²) in [7, 11) is 1.75. The lowest BCUT2D eigenvalue weighted by Gasteiger charge is -2.64. The number of benzene rings is 2. The van der Waals surface area contributed by atoms with Crippen molar-refractivity contribution in [3.8, 4) is 5.75 Å². The highest BCUT2D eigenvalue weighted by Gasteiger charge is 2.57. The van der Waals surface area contributed by atoms with Crippen LogP contribution in [-0.4, -0.2) is 46.2 Å². The molecule has 2 atom stereocenters. The summed E-state index contributed by atoms with van der Waals surface area (Å²) in [5.41, 5.74) is 5.49. The Morgan fingerprint density at radius 3 is 2.65 bits per heavy atom. The van der Waals surface area contributed by atoms with Crippen molar-refractivity contribution in [3.63, 3.8) is 0 Å². The molecule has 0 radical (unpaired) electrons. The summed E-state index contributed by atoms with van der Waals surface area (Å²) in [6.07, 6.45) is 8.19. The number of nitrogens with zero attached hydrogens (tertiary/aromatic N) is 1. The van der Waals surface area contributed by atoms with Gasteiger partial charge in [0.25, 0.3) is 0 Å². The molecule has 1 aromatic heterocycles. The predicted molar refractivity (Wildman–Crippen MR) is 132 cm³/mol. The number of carbonyl (C=O) groups is 1. The van der Waals surface area contributed by atoms with Gasteiger partial charge in [-0.2, -0.15) is 0 Å². The molecule has 3 saturated carbocycles. The minimum absolute atomic E-state index is 0.224. The lowest BCUT2D eigenvalue weighted by Crippen LogP contribution is -2.69. The summed E-state index contributed by atoms with van der Waals surface area (Å²) < 4.78 is 5.82. The summed E-state index contributed by atoms with van der Waals surface area (Å²) >= 11 is 0. The van der Waals surface area contributed by atoms with Crippen LogP contribution in [0.15, 0.2) is 42.6 Å². The third-order valence-electron chi connectivity index (χ3n) is 8.50. The van der Waals surface area contributed by atoms with E-state index in [4.69, 9.17) is 4.74 Å². The number of aromatic nitrogens is 1. The molecule has 34 heavy (non-hydrogen) atoms. The van der Waals surface area contributed by atoms with Gasteiger partial charge in [0.2, 0.25) is 0 Å². The molecule has 1 aliphatic heterocycles. The number of carboxylic acid groups (broad SMARTS) is 1. The molecule has 6 heteroatoms. The summed E-state index contributed by atoms with van der Waals surface area (Å²) in [5, 5.41) is 14.6. The van der Waals surface area contributed by atoms with Gasteiger partial charge in [-0.25, -0.2) is 4.79 Å². The fourth-order valence-electron chi connectivity index (χ4n) is 6.60. The maximum Gasteiger partial charge on any atom is 0.335 e. The van der Waals surface area contributed by atoms with Crippen LogP contribution in [0.2, 0.25) is 0 Å². The number of ether oxygens (including phenoxy) is 1. The van der Waals surface area contributed by atoms with Crippen molar-refractivity contribution < 1.29 is 14.6 Å². The van der Waals surface area contributed by atoms with Gasteiger partial charge in [0.15, 0.2) is 0 Å². The van der Waals surface area contributed by atoms with Crippen LogP contribution in [0, 0.1) is 12.8 Å². The Balaban J connectivity index is 1.31. The molecule has 3 aromatic rings. The summed E-state index contributed by atoms with van der Waals surface area (Å²) in [6, 6.07) is 12.5. The highest BCUT2D eigenvalue weighted by molar-refractivity contribution is 5.88. The molecule has 7 rings (SSSR count).